The maximum absolute atomic E-state index is 13.3. The molecule has 0 amide bonds. The predicted molar refractivity (Wildman–Crippen MR) is 71.2 cm³/mol. The number of rotatable bonds is 4. The van der Waals surface area contributed by atoms with E-state index in [9.17, 15) is 4.39 Å². The van der Waals surface area contributed by atoms with E-state index < -0.39 is 0 Å². The summed E-state index contributed by atoms with van der Waals surface area (Å²) in [4.78, 5) is 0.191. The first-order valence-corrected chi connectivity index (χ1v) is 7.09. The molecule has 1 aromatic rings. The lowest BCUT2D eigenvalue weighted by atomic mass is 9.97. The van der Waals surface area contributed by atoms with Crippen molar-refractivity contribution in [3.63, 3.8) is 0 Å². The Morgan fingerprint density at radius 2 is 2.12 bits per heavy atom. The van der Waals surface area contributed by atoms with E-state index in [-0.39, 0.29) is 10.6 Å². The molecule has 3 heteroatoms. The summed E-state index contributed by atoms with van der Waals surface area (Å²) < 4.78 is 18.6. The summed E-state index contributed by atoms with van der Waals surface area (Å²) in [7, 11) is 1.63. The topological polar surface area (TPSA) is 9.23 Å². The molecule has 1 saturated carbocycles. The monoisotopic (exact) mass is 300 g/mol. The molecule has 0 aromatic heterocycles. The van der Waals surface area contributed by atoms with Crippen molar-refractivity contribution in [1.82, 2.24) is 0 Å². The van der Waals surface area contributed by atoms with E-state index in [4.69, 9.17) is 4.74 Å². The van der Waals surface area contributed by atoms with Crippen molar-refractivity contribution in [3.05, 3.63) is 29.6 Å². The van der Waals surface area contributed by atoms with Crippen molar-refractivity contribution in [2.75, 3.05) is 7.11 Å². The van der Waals surface area contributed by atoms with Crippen molar-refractivity contribution in [2.45, 2.75) is 36.9 Å². The molecule has 1 atom stereocenters. The molecule has 1 unspecified atom stereocenters. The van der Waals surface area contributed by atoms with E-state index in [0.717, 1.165) is 23.7 Å². The number of benzene rings is 1. The van der Waals surface area contributed by atoms with Gasteiger partial charge in [-0.05, 0) is 30.5 Å². The van der Waals surface area contributed by atoms with Crippen LogP contribution in [0.1, 0.15) is 42.5 Å². The highest BCUT2D eigenvalue weighted by Crippen LogP contribution is 2.40. The molecule has 1 aliphatic rings. The minimum absolute atomic E-state index is 0.191. The molecule has 0 radical (unpaired) electrons. The first-order valence-electron chi connectivity index (χ1n) is 6.18. The number of alkyl halides is 1. The van der Waals surface area contributed by atoms with Crippen molar-refractivity contribution in [2.24, 2.45) is 5.92 Å². The van der Waals surface area contributed by atoms with Gasteiger partial charge in [0.25, 0.3) is 0 Å². The van der Waals surface area contributed by atoms with Crippen LogP contribution in [0.2, 0.25) is 0 Å². The van der Waals surface area contributed by atoms with Crippen LogP contribution in [-0.2, 0) is 0 Å². The van der Waals surface area contributed by atoms with Gasteiger partial charge in [-0.1, -0.05) is 41.6 Å². The fraction of sp³-hybridized carbons (Fsp3) is 0.571. The Kier molecular flexibility index (Phi) is 4.43. The first kappa shape index (κ1) is 12.9. The molecule has 94 valence electrons. The molecule has 0 heterocycles. The van der Waals surface area contributed by atoms with E-state index in [2.05, 4.69) is 15.9 Å². The van der Waals surface area contributed by atoms with Gasteiger partial charge in [0, 0.05) is 10.4 Å². The van der Waals surface area contributed by atoms with Crippen molar-refractivity contribution in [1.29, 1.82) is 0 Å². The molecular formula is C14H18BrFO. The third-order valence-corrected chi connectivity index (χ3v) is 4.41. The zero-order chi connectivity index (χ0) is 12.3. The van der Waals surface area contributed by atoms with E-state index in [1.54, 1.807) is 19.2 Å². The summed E-state index contributed by atoms with van der Waals surface area (Å²) in [6.45, 7) is 0. The third kappa shape index (κ3) is 3.21. The summed E-state index contributed by atoms with van der Waals surface area (Å²) >= 11 is 3.68. The average Bonchev–Trinajstić information content (AvgIpc) is 2.81. The van der Waals surface area contributed by atoms with Gasteiger partial charge in [-0.15, -0.1) is 0 Å². The van der Waals surface area contributed by atoms with Gasteiger partial charge >= 0.3 is 0 Å². The molecule has 0 spiro atoms. The predicted octanol–water partition coefficient (Wildman–Crippen LogP) is 4.85. The first-order chi connectivity index (χ1) is 8.20. The quantitative estimate of drug-likeness (QED) is 0.722. The minimum Gasteiger partial charge on any atom is -0.496 e. The van der Waals surface area contributed by atoms with Crippen LogP contribution in [0.4, 0.5) is 4.39 Å². The molecule has 0 N–H and O–H groups in total. The van der Waals surface area contributed by atoms with Crippen LogP contribution in [-0.4, -0.2) is 7.11 Å². The van der Waals surface area contributed by atoms with Gasteiger partial charge in [0.2, 0.25) is 0 Å². The normalized spacial score (nSPS) is 18.3. The Labute approximate surface area is 110 Å². The lowest BCUT2D eigenvalue weighted by Crippen LogP contribution is -2.02. The maximum atomic E-state index is 13.3. The van der Waals surface area contributed by atoms with Gasteiger partial charge in [0.1, 0.15) is 11.6 Å². The average molecular weight is 301 g/mol. The fourth-order valence-electron chi connectivity index (χ4n) is 2.62. The number of ether oxygens (including phenoxy) is 1. The Morgan fingerprint density at radius 3 is 2.76 bits per heavy atom. The maximum Gasteiger partial charge on any atom is 0.123 e. The smallest absolute Gasteiger partial charge is 0.123 e. The second-order valence-electron chi connectivity index (χ2n) is 4.74. The van der Waals surface area contributed by atoms with Gasteiger partial charge in [-0.25, -0.2) is 4.39 Å². The van der Waals surface area contributed by atoms with Crippen molar-refractivity contribution < 1.29 is 9.13 Å². The Balaban J connectivity index is 2.11. The SMILES string of the molecule is COc1ccc(F)cc1C(Br)CC1CCCC1. The van der Waals surface area contributed by atoms with Gasteiger partial charge in [-0.3, -0.25) is 0 Å². The van der Waals surface area contributed by atoms with Gasteiger partial charge in [-0.2, -0.15) is 0 Å². The molecule has 0 aliphatic heterocycles. The third-order valence-electron chi connectivity index (χ3n) is 3.54. The van der Waals surface area contributed by atoms with Crippen LogP contribution in [0, 0.1) is 11.7 Å². The summed E-state index contributed by atoms with van der Waals surface area (Å²) in [5, 5.41) is 0. The lowest BCUT2D eigenvalue weighted by Gasteiger charge is -2.17. The van der Waals surface area contributed by atoms with E-state index in [1.807, 2.05) is 0 Å². The van der Waals surface area contributed by atoms with Crippen LogP contribution in [0.15, 0.2) is 18.2 Å². The van der Waals surface area contributed by atoms with E-state index in [0.29, 0.717) is 0 Å². The zero-order valence-corrected chi connectivity index (χ0v) is 11.7. The summed E-state index contributed by atoms with van der Waals surface area (Å²) in [5.41, 5.74) is 0.930. The molecule has 1 aromatic carbocycles. The number of halogens is 2. The molecule has 2 rings (SSSR count). The Bertz CT molecular complexity index is 374. The lowest BCUT2D eigenvalue weighted by molar-refractivity contribution is 0.404. The fourth-order valence-corrected chi connectivity index (χ4v) is 3.50. The Morgan fingerprint density at radius 1 is 1.41 bits per heavy atom. The summed E-state index contributed by atoms with van der Waals surface area (Å²) in [5.74, 6) is 1.34. The summed E-state index contributed by atoms with van der Waals surface area (Å²) in [6.07, 6.45) is 6.36. The largest absolute Gasteiger partial charge is 0.496 e. The molecule has 17 heavy (non-hydrogen) atoms. The van der Waals surface area contributed by atoms with Crippen molar-refractivity contribution in [3.8, 4) is 5.75 Å². The van der Waals surface area contributed by atoms with E-state index in [1.165, 1.54) is 31.7 Å². The highest BCUT2D eigenvalue weighted by atomic mass is 79.9. The Hall–Kier alpha value is -0.570. The number of hydrogen-bond acceptors (Lipinski definition) is 1. The van der Waals surface area contributed by atoms with Crippen LogP contribution in [0.5, 0.6) is 5.75 Å². The second-order valence-corrected chi connectivity index (χ2v) is 5.85. The summed E-state index contributed by atoms with van der Waals surface area (Å²) in [6, 6.07) is 4.72. The number of methoxy groups -OCH3 is 1. The van der Waals surface area contributed by atoms with Crippen LogP contribution >= 0.6 is 15.9 Å². The molecule has 1 aliphatic carbocycles. The van der Waals surface area contributed by atoms with Gasteiger partial charge < -0.3 is 4.74 Å². The molecule has 0 saturated heterocycles. The molecular weight excluding hydrogens is 283 g/mol. The molecule has 1 fully saturated rings. The van der Waals surface area contributed by atoms with E-state index >= 15 is 0 Å². The number of hydrogen-bond donors (Lipinski definition) is 0. The van der Waals surface area contributed by atoms with Crippen LogP contribution in [0.3, 0.4) is 0 Å². The molecule has 0 bridgehead atoms. The van der Waals surface area contributed by atoms with Gasteiger partial charge in [0.05, 0.1) is 7.11 Å². The highest BCUT2D eigenvalue weighted by Gasteiger charge is 2.21. The van der Waals surface area contributed by atoms with Gasteiger partial charge in [0.15, 0.2) is 0 Å². The highest BCUT2D eigenvalue weighted by molar-refractivity contribution is 9.09. The van der Waals surface area contributed by atoms with Crippen LogP contribution in [0.25, 0.3) is 0 Å². The zero-order valence-electron chi connectivity index (χ0n) is 10.1. The molecule has 1 nitrogen and oxygen atoms in total. The van der Waals surface area contributed by atoms with Crippen molar-refractivity contribution >= 4 is 15.9 Å². The van der Waals surface area contributed by atoms with Crippen LogP contribution < -0.4 is 4.74 Å². The minimum atomic E-state index is -0.198. The standard InChI is InChI=1S/C14H18BrFO/c1-17-14-7-6-11(16)9-12(14)13(15)8-10-4-2-3-5-10/h6-7,9-10,13H,2-5,8H2,1H3. The second kappa shape index (κ2) is 5.85.